The fourth-order valence-corrected chi connectivity index (χ4v) is 6.03. The minimum atomic E-state index is -0.829. The van der Waals surface area contributed by atoms with Gasteiger partial charge in [-0.2, -0.15) is 0 Å². The monoisotopic (exact) mass is 566 g/mol. The molecule has 2 atom stereocenters. The van der Waals surface area contributed by atoms with Gasteiger partial charge in [-0.05, 0) is 54.5 Å². The molecule has 42 heavy (non-hydrogen) atoms. The van der Waals surface area contributed by atoms with Crippen molar-refractivity contribution in [1.29, 1.82) is 0 Å². The van der Waals surface area contributed by atoms with Crippen LogP contribution in [0.1, 0.15) is 24.6 Å². The molecule has 0 fully saturated rings. The van der Waals surface area contributed by atoms with E-state index in [0.717, 1.165) is 9.13 Å². The molecule has 4 heterocycles. The molecular formula is C30H26N6O6. The van der Waals surface area contributed by atoms with Gasteiger partial charge in [0.25, 0.3) is 0 Å². The smallest absolute Gasteiger partial charge is 0.352 e. The normalized spacial score (nSPS) is 17.2. The van der Waals surface area contributed by atoms with Crippen molar-refractivity contribution in [1.82, 2.24) is 27.9 Å². The molecule has 2 aromatic heterocycles. The predicted octanol–water partition coefficient (Wildman–Crippen LogP) is 1.80. The lowest BCUT2D eigenvalue weighted by molar-refractivity contribution is 0.245. The van der Waals surface area contributed by atoms with E-state index in [9.17, 15) is 24.3 Å². The molecule has 12 nitrogen and oxygen atoms in total. The Labute approximate surface area is 237 Å². The van der Waals surface area contributed by atoms with E-state index in [-0.39, 0.29) is 24.6 Å². The summed E-state index contributed by atoms with van der Waals surface area (Å²) in [5.41, 5.74) is -0.108. The lowest BCUT2D eigenvalue weighted by Gasteiger charge is -2.37. The number of phenolic OH excluding ortho intramolecular Hbond substituents is 1. The van der Waals surface area contributed by atoms with Gasteiger partial charge in [0.1, 0.15) is 6.04 Å². The van der Waals surface area contributed by atoms with Gasteiger partial charge in [-0.15, -0.1) is 0 Å². The zero-order chi connectivity index (χ0) is 29.1. The second-order valence-corrected chi connectivity index (χ2v) is 10.1. The van der Waals surface area contributed by atoms with Crippen molar-refractivity contribution in [3.8, 4) is 22.9 Å². The zero-order valence-corrected chi connectivity index (χ0v) is 22.5. The summed E-state index contributed by atoms with van der Waals surface area (Å²) >= 11 is 0. The molecule has 2 aliphatic rings. The van der Waals surface area contributed by atoms with E-state index in [1.165, 1.54) is 24.8 Å². The topological polar surface area (TPSA) is 127 Å². The summed E-state index contributed by atoms with van der Waals surface area (Å²) in [6.45, 7) is 2.13. The molecule has 0 spiro atoms. The minimum absolute atomic E-state index is 0.0508. The number of ether oxygens (including phenoxy) is 1. The number of rotatable bonds is 5. The highest BCUT2D eigenvalue weighted by atomic mass is 16.5. The number of phenols is 1. The molecule has 0 unspecified atom stereocenters. The highest BCUT2D eigenvalue weighted by molar-refractivity contribution is 5.46. The number of hydrogen-bond donors (Lipinski definition) is 1. The van der Waals surface area contributed by atoms with Crippen molar-refractivity contribution < 1.29 is 9.84 Å². The summed E-state index contributed by atoms with van der Waals surface area (Å²) in [6, 6.07) is 20.4. The molecule has 0 bridgehead atoms. The van der Waals surface area contributed by atoms with Crippen LogP contribution in [-0.4, -0.2) is 39.6 Å². The third-order valence-electron chi connectivity index (χ3n) is 7.83. The van der Waals surface area contributed by atoms with Crippen LogP contribution in [0.25, 0.3) is 11.4 Å². The number of para-hydroxylation sites is 2. The maximum atomic E-state index is 14.0. The molecule has 212 valence electrons. The number of aromatic nitrogens is 6. The molecule has 0 aliphatic carbocycles. The molecule has 1 N–H and O–H groups in total. The standard InChI is InChI=1S/C30H26N6O6/c1-2-42-25-17-19(13-14-24(25)37)26-22-15-16-31-27(38)33(20-9-5-3-6-10-20)29(40)35(31)23(22)18-32-28(39)34(30(41)36(26)32)21-11-7-4-8-12-21/h3-15,17,23,26,37H,2,16,18H2,1H3/t23-,26+/m1/s1. The molecule has 0 saturated carbocycles. The van der Waals surface area contributed by atoms with E-state index in [1.54, 1.807) is 79.7 Å². The fraction of sp³-hybridized carbons (Fsp3) is 0.200. The first kappa shape index (κ1) is 25.4. The van der Waals surface area contributed by atoms with Crippen molar-refractivity contribution in [2.45, 2.75) is 32.1 Å². The third kappa shape index (κ3) is 3.61. The van der Waals surface area contributed by atoms with Crippen molar-refractivity contribution in [3.05, 3.63) is 138 Å². The van der Waals surface area contributed by atoms with E-state index < -0.39 is 34.8 Å². The number of aromatic hydroxyl groups is 1. The van der Waals surface area contributed by atoms with Gasteiger partial charge in [-0.3, -0.25) is 0 Å². The van der Waals surface area contributed by atoms with Crippen molar-refractivity contribution in [2.24, 2.45) is 0 Å². The van der Waals surface area contributed by atoms with Crippen molar-refractivity contribution >= 4 is 0 Å². The van der Waals surface area contributed by atoms with Crippen LogP contribution in [0.3, 0.4) is 0 Å². The Bertz CT molecular complexity index is 2110. The van der Waals surface area contributed by atoms with Gasteiger partial charge in [0.15, 0.2) is 11.5 Å². The largest absolute Gasteiger partial charge is 0.504 e. The Kier molecular flexibility index (Phi) is 5.78. The van der Waals surface area contributed by atoms with Crippen LogP contribution in [0.4, 0.5) is 0 Å². The molecule has 0 saturated heterocycles. The van der Waals surface area contributed by atoms with Gasteiger partial charge in [0.2, 0.25) is 0 Å². The molecule has 2 aliphatic heterocycles. The van der Waals surface area contributed by atoms with Gasteiger partial charge in [-0.25, -0.2) is 47.0 Å². The van der Waals surface area contributed by atoms with Gasteiger partial charge in [0.05, 0.1) is 37.1 Å². The van der Waals surface area contributed by atoms with Crippen LogP contribution < -0.4 is 27.5 Å². The Morgan fingerprint density at radius 2 is 1.36 bits per heavy atom. The maximum absolute atomic E-state index is 14.0. The van der Waals surface area contributed by atoms with Gasteiger partial charge in [-0.1, -0.05) is 48.5 Å². The molecule has 12 heteroatoms. The van der Waals surface area contributed by atoms with Crippen molar-refractivity contribution in [2.75, 3.05) is 6.61 Å². The van der Waals surface area contributed by atoms with Crippen molar-refractivity contribution in [3.63, 3.8) is 0 Å². The Balaban J connectivity index is 1.49. The first-order chi connectivity index (χ1) is 20.4. The average Bonchev–Trinajstić information content (AvgIpc) is 3.42. The van der Waals surface area contributed by atoms with Gasteiger partial charge in [0, 0.05) is 0 Å². The molecular weight excluding hydrogens is 540 g/mol. The van der Waals surface area contributed by atoms with E-state index in [4.69, 9.17) is 4.74 Å². The lowest BCUT2D eigenvalue weighted by Crippen LogP contribution is -2.46. The molecule has 5 aromatic rings. The maximum Gasteiger partial charge on any atom is 0.352 e. The second kappa shape index (κ2) is 9.54. The fourth-order valence-electron chi connectivity index (χ4n) is 6.03. The Morgan fingerprint density at radius 1 is 0.762 bits per heavy atom. The highest BCUT2D eigenvalue weighted by Crippen LogP contribution is 2.41. The molecule has 3 aromatic carbocycles. The van der Waals surface area contributed by atoms with Crippen LogP contribution in [-0.2, 0) is 13.1 Å². The van der Waals surface area contributed by atoms with Crippen LogP contribution in [0.15, 0.2) is 110 Å². The summed E-state index contributed by atoms with van der Waals surface area (Å²) < 4.78 is 13.3. The Hall–Kier alpha value is -5.52. The van der Waals surface area contributed by atoms with E-state index in [1.807, 2.05) is 6.08 Å². The quantitative estimate of drug-likeness (QED) is 0.323. The lowest BCUT2D eigenvalue weighted by atomic mass is 9.90. The van der Waals surface area contributed by atoms with Crippen LogP contribution in [0, 0.1) is 0 Å². The van der Waals surface area contributed by atoms with Crippen LogP contribution >= 0.6 is 0 Å². The molecule has 7 rings (SSSR count). The number of hydrogen-bond acceptors (Lipinski definition) is 6. The summed E-state index contributed by atoms with van der Waals surface area (Å²) in [7, 11) is 0. The molecule has 0 radical (unpaired) electrons. The highest BCUT2D eigenvalue weighted by Gasteiger charge is 2.41. The first-order valence-corrected chi connectivity index (χ1v) is 13.6. The summed E-state index contributed by atoms with van der Waals surface area (Å²) in [6.07, 6.45) is 1.83. The first-order valence-electron chi connectivity index (χ1n) is 13.6. The molecule has 0 amide bonds. The number of nitrogens with zero attached hydrogens (tertiary/aromatic N) is 6. The summed E-state index contributed by atoms with van der Waals surface area (Å²) in [5.74, 6) is 0.157. The summed E-state index contributed by atoms with van der Waals surface area (Å²) in [5, 5.41) is 10.4. The number of allylic oxidation sites excluding steroid dienone is 2. The zero-order valence-electron chi connectivity index (χ0n) is 22.5. The van der Waals surface area contributed by atoms with E-state index in [0.29, 0.717) is 29.1 Å². The van der Waals surface area contributed by atoms with E-state index in [2.05, 4.69) is 0 Å². The van der Waals surface area contributed by atoms with Gasteiger partial charge < -0.3 is 9.84 Å². The van der Waals surface area contributed by atoms with Crippen LogP contribution in [0.5, 0.6) is 11.5 Å². The predicted molar refractivity (Wildman–Crippen MR) is 153 cm³/mol. The Morgan fingerprint density at radius 3 is 1.98 bits per heavy atom. The third-order valence-corrected chi connectivity index (χ3v) is 7.83. The van der Waals surface area contributed by atoms with E-state index >= 15 is 0 Å². The number of fused-ring (bicyclic) bond motifs is 4. The second-order valence-electron chi connectivity index (χ2n) is 10.1. The van der Waals surface area contributed by atoms with Gasteiger partial charge >= 0.3 is 22.8 Å². The average molecular weight is 567 g/mol. The van der Waals surface area contributed by atoms with Crippen LogP contribution in [0.2, 0.25) is 0 Å². The summed E-state index contributed by atoms with van der Waals surface area (Å²) in [4.78, 5) is 55.2. The minimum Gasteiger partial charge on any atom is -0.504 e. The number of benzene rings is 3. The SMILES string of the molecule is CCOc1cc([C@H]2C3=CCn4c(=O)n(-c5ccccc5)c(=O)n4[C@@H]3Cn3c(=O)n(-c4ccccc4)c(=O)n32)ccc1O.